The van der Waals surface area contributed by atoms with Crippen LogP contribution < -0.4 is 16.2 Å². The van der Waals surface area contributed by atoms with Crippen LogP contribution in [0.3, 0.4) is 0 Å². The zero-order valence-corrected chi connectivity index (χ0v) is 10.9. The Bertz CT molecular complexity index is 398. The molecule has 0 amide bonds. The van der Waals surface area contributed by atoms with Crippen LogP contribution in [0.25, 0.3) is 0 Å². The van der Waals surface area contributed by atoms with Gasteiger partial charge in [-0.05, 0) is 19.8 Å². The minimum Gasteiger partial charge on any atom is -0.352 e. The summed E-state index contributed by atoms with van der Waals surface area (Å²) < 4.78 is 0. The molecule has 1 aromatic heterocycles. The summed E-state index contributed by atoms with van der Waals surface area (Å²) in [7, 11) is 0. The number of H-pyrrole nitrogens is 1. The summed E-state index contributed by atoms with van der Waals surface area (Å²) in [6.45, 7) is 7.35. The Kier molecular flexibility index (Phi) is 5.15. The van der Waals surface area contributed by atoms with Gasteiger partial charge in [-0.2, -0.15) is 0 Å². The van der Waals surface area contributed by atoms with Crippen molar-refractivity contribution in [1.82, 2.24) is 9.97 Å². The normalized spacial score (nSPS) is 10.9. The molecule has 5 nitrogen and oxygen atoms in total. The highest BCUT2D eigenvalue weighted by Crippen LogP contribution is 2.16. The largest absolute Gasteiger partial charge is 0.352 e. The van der Waals surface area contributed by atoms with Gasteiger partial charge in [0.15, 0.2) is 0 Å². The monoisotopic (exact) mass is 238 g/mol. The van der Waals surface area contributed by atoms with Gasteiger partial charge in [0.2, 0.25) is 0 Å². The van der Waals surface area contributed by atoms with Crippen molar-refractivity contribution in [3.05, 3.63) is 22.2 Å². The summed E-state index contributed by atoms with van der Waals surface area (Å²) in [5, 5.41) is 0. The van der Waals surface area contributed by atoms with Gasteiger partial charge in [0, 0.05) is 25.2 Å². The molecule has 0 spiro atoms. The topological polar surface area (TPSA) is 75.0 Å². The van der Waals surface area contributed by atoms with Gasteiger partial charge in [0.05, 0.1) is 0 Å². The van der Waals surface area contributed by atoms with Gasteiger partial charge in [0.25, 0.3) is 5.56 Å². The first-order chi connectivity index (χ1) is 8.12. The summed E-state index contributed by atoms with van der Waals surface area (Å²) in [6.07, 6.45) is 2.04. The van der Waals surface area contributed by atoms with Crippen LogP contribution in [-0.4, -0.2) is 29.1 Å². The lowest BCUT2D eigenvalue weighted by Gasteiger charge is -2.31. The molecule has 5 heteroatoms. The molecule has 0 atom stereocenters. The predicted octanol–water partition coefficient (Wildman–Crippen LogP) is 1.03. The summed E-state index contributed by atoms with van der Waals surface area (Å²) in [5.74, 6) is 1.37. The first-order valence-corrected chi connectivity index (χ1v) is 6.17. The van der Waals surface area contributed by atoms with Crippen molar-refractivity contribution >= 4 is 5.82 Å². The summed E-state index contributed by atoms with van der Waals surface area (Å²) >= 11 is 0. The molecule has 0 saturated heterocycles. The molecule has 0 bridgehead atoms. The molecule has 0 fully saturated rings. The molecule has 1 aromatic rings. The fraction of sp³-hybridized carbons (Fsp3) is 0.667. The van der Waals surface area contributed by atoms with Crippen LogP contribution in [0.5, 0.6) is 0 Å². The minimum absolute atomic E-state index is 0.111. The Balaban J connectivity index is 3.07. The number of hydrogen-bond acceptors (Lipinski definition) is 4. The standard InChI is InChI=1S/C12H22N4O/c1-4-10(5-2)16(7-6-13)11-8-12(17)15-9(3)14-11/h8,10H,4-7,13H2,1-3H3,(H,14,15,17). The number of nitrogens with two attached hydrogens (primary N) is 1. The van der Waals surface area contributed by atoms with E-state index in [9.17, 15) is 4.79 Å². The zero-order valence-electron chi connectivity index (χ0n) is 10.9. The van der Waals surface area contributed by atoms with Crippen molar-refractivity contribution in [1.29, 1.82) is 0 Å². The van der Waals surface area contributed by atoms with E-state index in [2.05, 4.69) is 28.7 Å². The van der Waals surface area contributed by atoms with Gasteiger partial charge < -0.3 is 15.6 Å². The molecule has 0 radical (unpaired) electrons. The summed E-state index contributed by atoms with van der Waals surface area (Å²) in [6, 6.07) is 1.92. The number of nitrogens with zero attached hydrogens (tertiary/aromatic N) is 2. The van der Waals surface area contributed by atoms with Crippen molar-refractivity contribution in [2.75, 3.05) is 18.0 Å². The molecule has 0 aliphatic rings. The Morgan fingerprint density at radius 3 is 2.59 bits per heavy atom. The SMILES string of the molecule is CCC(CC)N(CCN)c1cc(=O)[nH]c(C)n1. The Morgan fingerprint density at radius 1 is 1.47 bits per heavy atom. The molecule has 0 aliphatic heterocycles. The highest BCUT2D eigenvalue weighted by atomic mass is 16.1. The molecule has 0 saturated carbocycles. The number of nitrogens with one attached hydrogen (secondary N) is 1. The Morgan fingerprint density at radius 2 is 2.12 bits per heavy atom. The smallest absolute Gasteiger partial charge is 0.252 e. The quantitative estimate of drug-likeness (QED) is 0.776. The van der Waals surface area contributed by atoms with E-state index in [1.165, 1.54) is 0 Å². The van der Waals surface area contributed by atoms with Gasteiger partial charge in [-0.1, -0.05) is 13.8 Å². The summed E-state index contributed by atoms with van der Waals surface area (Å²) in [4.78, 5) is 20.6. The van der Waals surface area contributed by atoms with E-state index >= 15 is 0 Å². The molecule has 0 unspecified atom stereocenters. The maximum Gasteiger partial charge on any atom is 0.252 e. The first kappa shape index (κ1) is 13.7. The van der Waals surface area contributed by atoms with Crippen LogP contribution in [0, 0.1) is 6.92 Å². The number of aromatic nitrogens is 2. The Labute approximate surface area is 102 Å². The predicted molar refractivity (Wildman–Crippen MR) is 70.4 cm³/mol. The third-order valence-electron chi connectivity index (χ3n) is 2.89. The van der Waals surface area contributed by atoms with Crippen LogP contribution in [0.1, 0.15) is 32.5 Å². The van der Waals surface area contributed by atoms with Crippen molar-refractivity contribution in [2.45, 2.75) is 39.7 Å². The third kappa shape index (κ3) is 3.56. The van der Waals surface area contributed by atoms with E-state index in [0.717, 1.165) is 25.2 Å². The number of aryl methyl sites for hydroxylation is 1. The molecule has 1 rings (SSSR count). The van der Waals surface area contributed by atoms with Gasteiger partial charge in [-0.3, -0.25) is 4.79 Å². The second kappa shape index (κ2) is 6.39. The minimum atomic E-state index is -0.111. The average Bonchev–Trinajstić information content (AvgIpc) is 2.28. The van der Waals surface area contributed by atoms with Crippen molar-refractivity contribution in [3.63, 3.8) is 0 Å². The van der Waals surface area contributed by atoms with Crippen LogP contribution in [-0.2, 0) is 0 Å². The van der Waals surface area contributed by atoms with E-state index in [0.29, 0.717) is 18.4 Å². The lowest BCUT2D eigenvalue weighted by molar-refractivity contribution is 0.553. The van der Waals surface area contributed by atoms with Crippen LogP contribution in [0.15, 0.2) is 10.9 Å². The molecule has 17 heavy (non-hydrogen) atoms. The van der Waals surface area contributed by atoms with Crippen LogP contribution >= 0.6 is 0 Å². The van der Waals surface area contributed by atoms with E-state index in [1.54, 1.807) is 13.0 Å². The number of aromatic amines is 1. The van der Waals surface area contributed by atoms with Gasteiger partial charge in [0.1, 0.15) is 11.6 Å². The highest BCUT2D eigenvalue weighted by molar-refractivity contribution is 5.38. The van der Waals surface area contributed by atoms with E-state index in [1.807, 2.05) is 0 Å². The molecule has 96 valence electrons. The van der Waals surface area contributed by atoms with E-state index in [-0.39, 0.29) is 5.56 Å². The lowest BCUT2D eigenvalue weighted by atomic mass is 10.1. The van der Waals surface area contributed by atoms with Crippen molar-refractivity contribution in [3.8, 4) is 0 Å². The zero-order chi connectivity index (χ0) is 12.8. The first-order valence-electron chi connectivity index (χ1n) is 6.17. The van der Waals surface area contributed by atoms with Crippen LogP contribution in [0.2, 0.25) is 0 Å². The van der Waals surface area contributed by atoms with Gasteiger partial charge in [-0.15, -0.1) is 0 Å². The number of hydrogen-bond donors (Lipinski definition) is 2. The number of rotatable bonds is 6. The fourth-order valence-electron chi connectivity index (χ4n) is 2.06. The third-order valence-corrected chi connectivity index (χ3v) is 2.89. The Hall–Kier alpha value is -1.36. The molecule has 0 aromatic carbocycles. The average molecular weight is 238 g/mol. The fourth-order valence-corrected chi connectivity index (χ4v) is 2.06. The molecule has 3 N–H and O–H groups in total. The van der Waals surface area contributed by atoms with Gasteiger partial charge in [-0.25, -0.2) is 4.98 Å². The molecule has 1 heterocycles. The van der Waals surface area contributed by atoms with E-state index in [4.69, 9.17) is 5.73 Å². The maximum absolute atomic E-state index is 11.5. The molecular weight excluding hydrogens is 216 g/mol. The molecular formula is C12H22N4O. The van der Waals surface area contributed by atoms with Crippen molar-refractivity contribution in [2.24, 2.45) is 5.73 Å². The maximum atomic E-state index is 11.5. The molecule has 0 aliphatic carbocycles. The van der Waals surface area contributed by atoms with E-state index < -0.39 is 0 Å². The van der Waals surface area contributed by atoms with Crippen LogP contribution in [0.4, 0.5) is 5.82 Å². The second-order valence-corrected chi connectivity index (χ2v) is 4.14. The summed E-state index contributed by atoms with van der Waals surface area (Å²) in [5.41, 5.74) is 5.52. The van der Waals surface area contributed by atoms with Gasteiger partial charge >= 0.3 is 0 Å². The number of anilines is 1. The second-order valence-electron chi connectivity index (χ2n) is 4.14. The highest BCUT2D eigenvalue weighted by Gasteiger charge is 2.16. The van der Waals surface area contributed by atoms with Crippen molar-refractivity contribution < 1.29 is 0 Å². The lowest BCUT2D eigenvalue weighted by Crippen LogP contribution is -2.39.